The normalized spacial score (nSPS) is 10.1. The molecule has 82 valence electrons. The fourth-order valence-corrected chi connectivity index (χ4v) is 1.41. The number of thiocarbonyl (C=S) groups is 1. The molecule has 0 aliphatic heterocycles. The lowest BCUT2D eigenvalue weighted by molar-refractivity contribution is 0.768. The Bertz CT molecular complexity index is 519. The lowest BCUT2D eigenvalue weighted by atomic mass is 10.3. The van der Waals surface area contributed by atoms with Gasteiger partial charge in [-0.15, -0.1) is 0 Å². The molecule has 0 saturated carbocycles. The van der Waals surface area contributed by atoms with E-state index in [2.05, 4.69) is 15.4 Å². The third-order valence-corrected chi connectivity index (χ3v) is 2.22. The molecule has 0 radical (unpaired) electrons. The van der Waals surface area contributed by atoms with E-state index in [1.165, 1.54) is 0 Å². The Labute approximate surface area is 98.3 Å². The fourth-order valence-electron chi connectivity index (χ4n) is 1.30. The topological polar surface area (TPSA) is 68.8 Å². The van der Waals surface area contributed by atoms with Crippen LogP contribution >= 0.6 is 12.2 Å². The molecule has 0 fully saturated rings. The van der Waals surface area contributed by atoms with Crippen molar-refractivity contribution in [3.8, 4) is 0 Å². The average molecular weight is 233 g/mol. The van der Waals surface area contributed by atoms with E-state index in [4.69, 9.17) is 18.0 Å². The lowest BCUT2D eigenvalue weighted by Crippen LogP contribution is -2.11. The molecule has 2 aromatic rings. The predicted octanol–water partition coefficient (Wildman–Crippen LogP) is 1.19. The van der Waals surface area contributed by atoms with Gasteiger partial charge in [0.25, 0.3) is 0 Å². The zero-order valence-corrected chi connectivity index (χ0v) is 9.53. The van der Waals surface area contributed by atoms with Gasteiger partial charge in [0.2, 0.25) is 0 Å². The van der Waals surface area contributed by atoms with Gasteiger partial charge in [-0.2, -0.15) is 5.10 Å². The smallest absolute Gasteiger partial charge is 0.122 e. The third kappa shape index (κ3) is 2.34. The van der Waals surface area contributed by atoms with Gasteiger partial charge in [-0.3, -0.25) is 9.67 Å². The molecule has 0 bridgehead atoms. The van der Waals surface area contributed by atoms with Crippen molar-refractivity contribution < 1.29 is 0 Å². The highest BCUT2D eigenvalue weighted by atomic mass is 32.1. The predicted molar refractivity (Wildman–Crippen MR) is 66.6 cm³/mol. The second-order valence-electron chi connectivity index (χ2n) is 3.32. The van der Waals surface area contributed by atoms with E-state index in [-0.39, 0.29) is 4.99 Å². The van der Waals surface area contributed by atoms with Crippen LogP contribution in [0.4, 0.5) is 11.4 Å². The highest BCUT2D eigenvalue weighted by molar-refractivity contribution is 7.80. The minimum Gasteiger partial charge on any atom is -0.388 e. The minimum atomic E-state index is 0.287. The van der Waals surface area contributed by atoms with Crippen LogP contribution in [-0.2, 0) is 7.05 Å². The van der Waals surface area contributed by atoms with Crippen molar-refractivity contribution in [3.63, 3.8) is 0 Å². The van der Waals surface area contributed by atoms with E-state index in [1.807, 2.05) is 19.3 Å². The Morgan fingerprint density at radius 1 is 1.50 bits per heavy atom. The molecule has 0 spiro atoms. The molecule has 2 heterocycles. The number of hydrogen-bond donors (Lipinski definition) is 2. The van der Waals surface area contributed by atoms with Gasteiger partial charge in [0.15, 0.2) is 0 Å². The van der Waals surface area contributed by atoms with Crippen molar-refractivity contribution in [2.75, 3.05) is 5.32 Å². The molecular weight excluding hydrogens is 222 g/mol. The highest BCUT2D eigenvalue weighted by Crippen LogP contribution is 2.15. The van der Waals surface area contributed by atoms with E-state index in [1.54, 1.807) is 23.1 Å². The molecule has 16 heavy (non-hydrogen) atoms. The maximum atomic E-state index is 5.50. The van der Waals surface area contributed by atoms with Gasteiger partial charge in [0, 0.05) is 25.1 Å². The number of aromatic nitrogens is 3. The summed E-state index contributed by atoms with van der Waals surface area (Å²) in [5.74, 6) is 0. The third-order valence-electron chi connectivity index (χ3n) is 2.01. The second-order valence-corrected chi connectivity index (χ2v) is 3.76. The molecule has 3 N–H and O–H groups in total. The van der Waals surface area contributed by atoms with Gasteiger partial charge in [-0.1, -0.05) is 12.2 Å². The van der Waals surface area contributed by atoms with Gasteiger partial charge < -0.3 is 11.1 Å². The first-order valence-electron chi connectivity index (χ1n) is 4.66. The van der Waals surface area contributed by atoms with Crippen LogP contribution in [0.2, 0.25) is 0 Å². The van der Waals surface area contributed by atoms with E-state index >= 15 is 0 Å². The number of hydrogen-bond acceptors (Lipinski definition) is 4. The summed E-state index contributed by atoms with van der Waals surface area (Å²) >= 11 is 4.86. The number of nitrogens with zero attached hydrogens (tertiary/aromatic N) is 3. The van der Waals surface area contributed by atoms with Crippen LogP contribution in [0.15, 0.2) is 30.7 Å². The number of aryl methyl sites for hydroxylation is 1. The van der Waals surface area contributed by atoms with Crippen molar-refractivity contribution >= 4 is 28.6 Å². The van der Waals surface area contributed by atoms with Crippen molar-refractivity contribution in [3.05, 3.63) is 36.4 Å². The average Bonchev–Trinajstić information content (AvgIpc) is 2.64. The molecule has 0 aromatic carbocycles. The molecule has 0 amide bonds. The quantitative estimate of drug-likeness (QED) is 0.779. The molecule has 0 saturated heterocycles. The molecule has 0 atom stereocenters. The Hall–Kier alpha value is -1.95. The van der Waals surface area contributed by atoms with Crippen LogP contribution in [0.3, 0.4) is 0 Å². The number of nitrogens with two attached hydrogens (primary N) is 1. The number of anilines is 2. The fraction of sp³-hybridized carbons (Fsp3) is 0.100. The Morgan fingerprint density at radius 3 is 2.94 bits per heavy atom. The molecule has 0 aliphatic rings. The van der Waals surface area contributed by atoms with E-state index in [9.17, 15) is 0 Å². The maximum Gasteiger partial charge on any atom is 0.122 e. The Morgan fingerprint density at radius 2 is 2.31 bits per heavy atom. The summed E-state index contributed by atoms with van der Waals surface area (Å²) < 4.78 is 1.72. The monoisotopic (exact) mass is 233 g/mol. The maximum absolute atomic E-state index is 5.50. The van der Waals surface area contributed by atoms with Gasteiger partial charge in [-0.25, -0.2) is 0 Å². The van der Waals surface area contributed by atoms with E-state index in [0.717, 1.165) is 11.4 Å². The molecule has 5 nitrogen and oxygen atoms in total. The van der Waals surface area contributed by atoms with Crippen molar-refractivity contribution in [2.45, 2.75) is 0 Å². The summed E-state index contributed by atoms with van der Waals surface area (Å²) in [4.78, 5) is 4.35. The summed E-state index contributed by atoms with van der Waals surface area (Å²) in [6.45, 7) is 0. The van der Waals surface area contributed by atoms with Crippen molar-refractivity contribution in [2.24, 2.45) is 12.8 Å². The summed E-state index contributed by atoms with van der Waals surface area (Å²) in [6, 6.07) is 3.64. The zero-order valence-electron chi connectivity index (χ0n) is 8.71. The number of rotatable bonds is 3. The number of nitrogens with one attached hydrogen (secondary N) is 1. The summed E-state index contributed by atoms with van der Waals surface area (Å²) in [5, 5.41) is 7.24. The molecule has 2 aromatic heterocycles. The van der Waals surface area contributed by atoms with Crippen LogP contribution in [0.5, 0.6) is 0 Å². The summed E-state index contributed by atoms with van der Waals surface area (Å²) in [6.07, 6.45) is 5.27. The molecule has 0 unspecified atom stereocenters. The van der Waals surface area contributed by atoms with Crippen molar-refractivity contribution in [1.29, 1.82) is 0 Å². The minimum absolute atomic E-state index is 0.287. The van der Waals surface area contributed by atoms with Gasteiger partial charge in [0.1, 0.15) is 4.99 Å². The van der Waals surface area contributed by atoms with E-state index < -0.39 is 0 Å². The lowest BCUT2D eigenvalue weighted by Gasteiger charge is -2.04. The first-order valence-corrected chi connectivity index (χ1v) is 5.07. The first kappa shape index (κ1) is 10.6. The number of pyridine rings is 1. The summed E-state index contributed by atoms with van der Waals surface area (Å²) in [7, 11) is 1.86. The molecule has 0 aliphatic carbocycles. The molecular formula is C10H11N5S. The zero-order chi connectivity index (χ0) is 11.5. The highest BCUT2D eigenvalue weighted by Gasteiger charge is 2.01. The largest absolute Gasteiger partial charge is 0.388 e. The summed E-state index contributed by atoms with van der Waals surface area (Å²) in [5.41, 5.74) is 7.89. The van der Waals surface area contributed by atoms with Crippen LogP contribution in [0.1, 0.15) is 5.69 Å². The SMILES string of the molecule is Cn1cc(Nc2ccnc(C(N)=S)c2)cn1. The van der Waals surface area contributed by atoms with Crippen LogP contribution in [0.25, 0.3) is 0 Å². The Balaban J connectivity index is 2.21. The van der Waals surface area contributed by atoms with Gasteiger partial charge >= 0.3 is 0 Å². The Kier molecular flexibility index (Phi) is 2.82. The first-order chi connectivity index (χ1) is 7.65. The molecule has 6 heteroatoms. The van der Waals surface area contributed by atoms with Crippen molar-refractivity contribution in [1.82, 2.24) is 14.8 Å². The molecule has 2 rings (SSSR count). The van der Waals surface area contributed by atoms with Crippen LogP contribution in [0, 0.1) is 0 Å². The van der Waals surface area contributed by atoms with Gasteiger partial charge in [-0.05, 0) is 12.1 Å². The standard InChI is InChI=1S/C10H11N5S/c1-15-6-8(5-13-15)14-7-2-3-12-9(4-7)10(11)16/h2-6H,1H3,(H2,11,16)(H,12,14). The van der Waals surface area contributed by atoms with Crippen LogP contribution < -0.4 is 11.1 Å². The van der Waals surface area contributed by atoms with E-state index in [0.29, 0.717) is 5.69 Å². The second kappa shape index (κ2) is 4.28. The van der Waals surface area contributed by atoms with Crippen LogP contribution in [-0.4, -0.2) is 19.8 Å². The van der Waals surface area contributed by atoms with Gasteiger partial charge in [0.05, 0.1) is 17.6 Å².